The maximum Gasteiger partial charge on any atom is 0.417 e. The van der Waals surface area contributed by atoms with Crippen molar-refractivity contribution < 1.29 is 26.7 Å². The predicted octanol–water partition coefficient (Wildman–Crippen LogP) is 5.31. The fraction of sp³-hybridized carbons (Fsp3) is 0.190. The molecule has 9 heteroatoms. The van der Waals surface area contributed by atoms with E-state index >= 15 is 0 Å². The summed E-state index contributed by atoms with van der Waals surface area (Å²) in [6, 6.07) is 11.7. The third-order valence-corrected chi connectivity index (χ3v) is 4.42. The third-order valence-electron chi connectivity index (χ3n) is 4.42. The molecule has 4 rings (SSSR count). The number of aryl methyl sites for hydroxylation is 1. The van der Waals surface area contributed by atoms with Crippen molar-refractivity contribution in [3.63, 3.8) is 0 Å². The van der Waals surface area contributed by atoms with Gasteiger partial charge in [0.2, 0.25) is 5.89 Å². The van der Waals surface area contributed by atoms with Crippen LogP contribution < -0.4 is 10.4 Å². The molecule has 0 radical (unpaired) electrons. The zero-order valence-electron chi connectivity index (χ0n) is 15.9. The maximum atomic E-state index is 13.2. The molecule has 2 aromatic carbocycles. The minimum Gasteiger partial charge on any atom is -0.481 e. The Labute approximate surface area is 167 Å². The van der Waals surface area contributed by atoms with Crippen LogP contribution in [0.5, 0.6) is 5.75 Å². The summed E-state index contributed by atoms with van der Waals surface area (Å²) in [6.07, 6.45) is -5.37. The van der Waals surface area contributed by atoms with Crippen LogP contribution in [0.3, 0.4) is 0 Å². The number of halogens is 3. The molecule has 0 fully saturated rings. The molecule has 2 aromatic heterocycles. The minimum atomic E-state index is -4.68. The van der Waals surface area contributed by atoms with Crippen LogP contribution in [0.4, 0.5) is 13.2 Å². The molecule has 0 bridgehead atoms. The first kappa shape index (κ1) is 19.7. The van der Waals surface area contributed by atoms with Gasteiger partial charge in [0, 0.05) is 23.1 Å². The number of hydrogen-bond acceptors (Lipinski definition) is 6. The summed E-state index contributed by atoms with van der Waals surface area (Å²) in [7, 11) is 0. The van der Waals surface area contributed by atoms with Gasteiger partial charge in [-0.15, -0.1) is 10.2 Å². The van der Waals surface area contributed by atoms with Crippen LogP contribution in [0.25, 0.3) is 22.4 Å². The van der Waals surface area contributed by atoms with Crippen LogP contribution >= 0.6 is 0 Å². The minimum absolute atomic E-state index is 0.188. The number of nitrogens with zero attached hydrogens (tertiary/aromatic N) is 2. The quantitative estimate of drug-likeness (QED) is 0.420. The second-order valence-corrected chi connectivity index (χ2v) is 6.71. The summed E-state index contributed by atoms with van der Waals surface area (Å²) in [4.78, 5) is 11.5. The first-order chi connectivity index (χ1) is 14.2. The molecule has 0 aliphatic heterocycles. The molecule has 0 aliphatic rings. The summed E-state index contributed by atoms with van der Waals surface area (Å²) in [5, 5.41) is 7.73. The molecule has 0 spiro atoms. The summed E-state index contributed by atoms with van der Waals surface area (Å²) < 4.78 is 55.7. The molecule has 0 saturated heterocycles. The SMILES string of the molecule is Cc1ccc(-c2nnc([C@@H](C)Oc3ccc4c(C(F)(F)F)cc(=O)oc4c3)o2)cc1. The Morgan fingerprint density at radius 3 is 2.43 bits per heavy atom. The zero-order valence-corrected chi connectivity index (χ0v) is 15.9. The molecule has 0 amide bonds. The summed E-state index contributed by atoms with van der Waals surface area (Å²) in [5.41, 5.74) is -0.552. The van der Waals surface area contributed by atoms with Crippen molar-refractivity contribution >= 4 is 11.0 Å². The highest BCUT2D eigenvalue weighted by Gasteiger charge is 2.34. The fourth-order valence-corrected chi connectivity index (χ4v) is 2.92. The van der Waals surface area contributed by atoms with E-state index in [1.165, 1.54) is 18.2 Å². The van der Waals surface area contributed by atoms with E-state index < -0.39 is 23.5 Å². The zero-order chi connectivity index (χ0) is 21.5. The van der Waals surface area contributed by atoms with Gasteiger partial charge < -0.3 is 13.6 Å². The van der Waals surface area contributed by atoms with Gasteiger partial charge in [0.1, 0.15) is 11.3 Å². The van der Waals surface area contributed by atoms with E-state index in [0.717, 1.165) is 11.1 Å². The van der Waals surface area contributed by atoms with Crippen molar-refractivity contribution in [2.24, 2.45) is 0 Å². The van der Waals surface area contributed by atoms with Crippen LogP contribution in [-0.4, -0.2) is 10.2 Å². The van der Waals surface area contributed by atoms with Crippen molar-refractivity contribution in [2.75, 3.05) is 0 Å². The number of hydrogen-bond donors (Lipinski definition) is 0. The third kappa shape index (κ3) is 3.91. The lowest BCUT2D eigenvalue weighted by Crippen LogP contribution is -2.11. The molecule has 30 heavy (non-hydrogen) atoms. The van der Waals surface area contributed by atoms with Gasteiger partial charge in [0.05, 0.1) is 5.56 Å². The molecule has 1 atom stereocenters. The van der Waals surface area contributed by atoms with Crippen LogP contribution in [0, 0.1) is 6.92 Å². The molecule has 0 aliphatic carbocycles. The highest BCUT2D eigenvalue weighted by molar-refractivity contribution is 5.82. The Balaban J connectivity index is 1.60. The first-order valence-electron chi connectivity index (χ1n) is 8.93. The van der Waals surface area contributed by atoms with Gasteiger partial charge in [0.15, 0.2) is 6.10 Å². The molecule has 154 valence electrons. The molecular formula is C21H15F3N2O4. The van der Waals surface area contributed by atoms with Crippen molar-refractivity contribution in [1.29, 1.82) is 0 Å². The van der Waals surface area contributed by atoms with E-state index in [-0.39, 0.29) is 22.6 Å². The van der Waals surface area contributed by atoms with Gasteiger partial charge in [-0.05, 0) is 38.1 Å². The summed E-state index contributed by atoms with van der Waals surface area (Å²) in [6.45, 7) is 3.61. The van der Waals surface area contributed by atoms with Gasteiger partial charge in [-0.2, -0.15) is 13.2 Å². The molecule has 2 heterocycles. The van der Waals surface area contributed by atoms with Crippen molar-refractivity contribution in [2.45, 2.75) is 26.1 Å². The average molecular weight is 416 g/mol. The van der Waals surface area contributed by atoms with Gasteiger partial charge in [-0.25, -0.2) is 4.79 Å². The second-order valence-electron chi connectivity index (χ2n) is 6.71. The Kier molecular flexibility index (Phi) is 4.81. The number of rotatable bonds is 4. The molecule has 4 aromatic rings. The number of alkyl halides is 3. The van der Waals surface area contributed by atoms with E-state index in [1.807, 2.05) is 31.2 Å². The van der Waals surface area contributed by atoms with Gasteiger partial charge >= 0.3 is 11.8 Å². The van der Waals surface area contributed by atoms with Crippen LogP contribution in [0.1, 0.15) is 30.0 Å². The summed E-state index contributed by atoms with van der Waals surface area (Å²) in [5.74, 6) is 0.698. The first-order valence-corrected chi connectivity index (χ1v) is 8.93. The molecule has 0 unspecified atom stereocenters. The predicted molar refractivity (Wildman–Crippen MR) is 101 cm³/mol. The van der Waals surface area contributed by atoms with Crippen molar-refractivity contribution in [3.8, 4) is 17.2 Å². The van der Waals surface area contributed by atoms with Gasteiger partial charge in [0.25, 0.3) is 5.89 Å². The number of benzene rings is 2. The fourth-order valence-electron chi connectivity index (χ4n) is 2.92. The Hall–Kier alpha value is -3.62. The highest BCUT2D eigenvalue weighted by atomic mass is 19.4. The van der Waals surface area contributed by atoms with Crippen molar-refractivity contribution in [3.05, 3.63) is 76.0 Å². The van der Waals surface area contributed by atoms with E-state index in [0.29, 0.717) is 12.0 Å². The lowest BCUT2D eigenvalue weighted by atomic mass is 10.1. The smallest absolute Gasteiger partial charge is 0.417 e. The van der Waals surface area contributed by atoms with Gasteiger partial charge in [-0.1, -0.05) is 17.7 Å². The van der Waals surface area contributed by atoms with E-state index in [4.69, 9.17) is 13.6 Å². The molecule has 0 saturated carbocycles. The van der Waals surface area contributed by atoms with Crippen LogP contribution in [0.2, 0.25) is 0 Å². The second kappa shape index (κ2) is 7.33. The topological polar surface area (TPSA) is 78.4 Å². The maximum absolute atomic E-state index is 13.2. The summed E-state index contributed by atoms with van der Waals surface area (Å²) >= 11 is 0. The van der Waals surface area contributed by atoms with E-state index in [9.17, 15) is 18.0 Å². The standard InChI is InChI=1S/C21H15F3N2O4/c1-11-3-5-13(6-4-11)20-26-25-19(30-20)12(2)28-14-7-8-15-16(21(22,23)24)10-18(27)29-17(15)9-14/h3-10,12H,1-2H3/t12-/m1/s1. The average Bonchev–Trinajstić information content (AvgIpc) is 3.17. The Morgan fingerprint density at radius 1 is 1.00 bits per heavy atom. The van der Waals surface area contributed by atoms with Gasteiger partial charge in [-0.3, -0.25) is 0 Å². The Bertz CT molecular complexity index is 1260. The van der Waals surface area contributed by atoms with E-state index in [1.54, 1.807) is 6.92 Å². The number of aromatic nitrogens is 2. The number of ether oxygens (including phenoxy) is 1. The highest BCUT2D eigenvalue weighted by Crippen LogP contribution is 2.35. The van der Waals surface area contributed by atoms with Crippen molar-refractivity contribution in [1.82, 2.24) is 10.2 Å². The number of fused-ring (bicyclic) bond motifs is 1. The van der Waals surface area contributed by atoms with Crippen LogP contribution in [-0.2, 0) is 6.18 Å². The molecule has 6 nitrogen and oxygen atoms in total. The normalized spacial score (nSPS) is 12.8. The largest absolute Gasteiger partial charge is 0.481 e. The molecular weight excluding hydrogens is 401 g/mol. The van der Waals surface area contributed by atoms with E-state index in [2.05, 4.69) is 10.2 Å². The monoisotopic (exact) mass is 416 g/mol. The Morgan fingerprint density at radius 2 is 1.73 bits per heavy atom. The molecule has 0 N–H and O–H groups in total. The lowest BCUT2D eigenvalue weighted by Gasteiger charge is -2.13. The lowest BCUT2D eigenvalue weighted by molar-refractivity contribution is -0.136. The van der Waals surface area contributed by atoms with Crippen LogP contribution in [0.15, 0.2) is 62.2 Å².